The molecule has 0 heterocycles. The minimum Gasteiger partial charge on any atom is -0.409 e. The molecule has 3 N–H and O–H groups in total. The minimum atomic E-state index is -0.976. The molecule has 6 nitrogen and oxygen atoms in total. The number of hydrogen-bond donors (Lipinski definition) is 2. The lowest BCUT2D eigenvalue weighted by atomic mass is 9.90. The van der Waals surface area contributed by atoms with Gasteiger partial charge in [0.15, 0.2) is 5.84 Å². The number of carbonyl (C=O) groups excluding carboxylic acids is 1. The Balaban J connectivity index is 4.54. The number of carbonyl (C=O) groups is 1. The highest BCUT2D eigenvalue weighted by molar-refractivity contribution is 6.05. The summed E-state index contributed by atoms with van der Waals surface area (Å²) in [5.74, 6) is -0.237. The average molecular weight is 230 g/mol. The second kappa shape index (κ2) is 5.69. The summed E-state index contributed by atoms with van der Waals surface area (Å²) in [7, 11) is 5.58. The molecule has 0 aliphatic heterocycles. The molecule has 0 saturated heterocycles. The van der Waals surface area contributed by atoms with Gasteiger partial charge in [0.1, 0.15) is 5.41 Å². The number of nitrogens with zero attached hydrogens (tertiary/aromatic N) is 3. The third kappa shape index (κ3) is 3.69. The lowest BCUT2D eigenvalue weighted by Crippen LogP contribution is -2.48. The molecule has 0 aromatic heterocycles. The van der Waals surface area contributed by atoms with E-state index in [0.29, 0.717) is 6.54 Å². The van der Waals surface area contributed by atoms with Crippen molar-refractivity contribution in [3.8, 4) is 0 Å². The van der Waals surface area contributed by atoms with Crippen LogP contribution in [0.15, 0.2) is 5.16 Å². The highest BCUT2D eigenvalue weighted by Gasteiger charge is 2.35. The lowest BCUT2D eigenvalue weighted by Gasteiger charge is -2.28. The molecule has 6 heteroatoms. The van der Waals surface area contributed by atoms with Crippen LogP contribution < -0.4 is 5.73 Å². The van der Waals surface area contributed by atoms with Gasteiger partial charge in [-0.1, -0.05) is 5.16 Å². The highest BCUT2D eigenvalue weighted by atomic mass is 16.4. The van der Waals surface area contributed by atoms with Crippen molar-refractivity contribution >= 4 is 11.7 Å². The smallest absolute Gasteiger partial charge is 0.235 e. The molecule has 0 radical (unpaired) electrons. The molecule has 0 fully saturated rings. The molecular weight excluding hydrogens is 208 g/mol. The van der Waals surface area contributed by atoms with Gasteiger partial charge in [0.25, 0.3) is 0 Å². The van der Waals surface area contributed by atoms with Crippen molar-refractivity contribution in [3.05, 3.63) is 0 Å². The number of amides is 1. The van der Waals surface area contributed by atoms with E-state index < -0.39 is 5.41 Å². The molecule has 0 bridgehead atoms. The van der Waals surface area contributed by atoms with Crippen LogP contribution in [0.5, 0.6) is 0 Å². The Morgan fingerprint density at radius 1 is 1.31 bits per heavy atom. The zero-order valence-corrected chi connectivity index (χ0v) is 10.7. The van der Waals surface area contributed by atoms with E-state index in [1.165, 1.54) is 0 Å². The second-order valence-electron chi connectivity index (χ2n) is 4.64. The molecule has 16 heavy (non-hydrogen) atoms. The molecule has 0 aliphatic carbocycles. The van der Waals surface area contributed by atoms with Crippen LogP contribution in [0.4, 0.5) is 0 Å². The summed E-state index contributed by atoms with van der Waals surface area (Å²) in [4.78, 5) is 15.6. The van der Waals surface area contributed by atoms with E-state index in [4.69, 9.17) is 10.9 Å². The first-order valence-electron chi connectivity index (χ1n) is 5.11. The second-order valence-corrected chi connectivity index (χ2v) is 4.64. The van der Waals surface area contributed by atoms with Gasteiger partial charge < -0.3 is 20.7 Å². The van der Waals surface area contributed by atoms with Crippen molar-refractivity contribution in [1.82, 2.24) is 9.80 Å². The molecule has 0 aliphatic rings. The first kappa shape index (κ1) is 14.7. The van der Waals surface area contributed by atoms with E-state index >= 15 is 0 Å². The molecule has 1 amide bonds. The normalized spacial score (nSPS) is 13.0. The Bertz CT molecular complexity index is 274. The monoisotopic (exact) mass is 230 g/mol. The summed E-state index contributed by atoms with van der Waals surface area (Å²) in [5, 5.41) is 11.5. The van der Waals surface area contributed by atoms with Gasteiger partial charge in [-0.3, -0.25) is 4.79 Å². The fourth-order valence-corrected chi connectivity index (χ4v) is 1.16. The van der Waals surface area contributed by atoms with Gasteiger partial charge in [0, 0.05) is 20.1 Å². The molecular formula is C10H22N4O2. The maximum Gasteiger partial charge on any atom is 0.235 e. The number of hydrogen-bond acceptors (Lipinski definition) is 4. The van der Waals surface area contributed by atoms with Gasteiger partial charge in [-0.15, -0.1) is 0 Å². The van der Waals surface area contributed by atoms with Crippen LogP contribution in [-0.4, -0.2) is 61.0 Å². The quantitative estimate of drug-likeness (QED) is 0.296. The largest absolute Gasteiger partial charge is 0.409 e. The fourth-order valence-electron chi connectivity index (χ4n) is 1.16. The van der Waals surface area contributed by atoms with Crippen molar-refractivity contribution in [2.75, 3.05) is 34.2 Å². The molecule has 0 spiro atoms. The molecule has 0 atom stereocenters. The van der Waals surface area contributed by atoms with E-state index in [9.17, 15) is 4.79 Å². The first-order valence-corrected chi connectivity index (χ1v) is 5.11. The van der Waals surface area contributed by atoms with Gasteiger partial charge in [0.2, 0.25) is 5.91 Å². The van der Waals surface area contributed by atoms with Crippen LogP contribution in [0.2, 0.25) is 0 Å². The minimum absolute atomic E-state index is 0.0748. The first-order chi connectivity index (χ1) is 7.23. The molecule has 0 aromatic carbocycles. The van der Waals surface area contributed by atoms with E-state index in [1.807, 2.05) is 19.0 Å². The Kier molecular flexibility index (Phi) is 5.23. The van der Waals surface area contributed by atoms with Gasteiger partial charge in [-0.25, -0.2) is 0 Å². The summed E-state index contributed by atoms with van der Waals surface area (Å²) >= 11 is 0. The maximum atomic E-state index is 12.0. The molecule has 0 saturated carbocycles. The van der Waals surface area contributed by atoms with Crippen molar-refractivity contribution in [1.29, 1.82) is 0 Å². The van der Waals surface area contributed by atoms with E-state index in [2.05, 4.69) is 5.16 Å². The van der Waals surface area contributed by atoms with Crippen LogP contribution in [0.1, 0.15) is 13.8 Å². The van der Waals surface area contributed by atoms with Crippen LogP contribution in [0, 0.1) is 5.41 Å². The summed E-state index contributed by atoms with van der Waals surface area (Å²) in [5.41, 5.74) is 4.51. The zero-order chi connectivity index (χ0) is 12.9. The number of nitrogens with two attached hydrogens (primary N) is 1. The van der Waals surface area contributed by atoms with Crippen molar-refractivity contribution in [2.45, 2.75) is 13.8 Å². The SMILES string of the molecule is CN(C)CCN(C)C(=O)C(C)(C)C(N)=NO. The van der Waals surface area contributed by atoms with Crippen LogP contribution >= 0.6 is 0 Å². The predicted octanol–water partition coefficient (Wildman–Crippen LogP) is -0.221. The zero-order valence-electron chi connectivity index (χ0n) is 10.7. The van der Waals surface area contributed by atoms with Crippen LogP contribution in [-0.2, 0) is 4.79 Å². The number of oxime groups is 1. The summed E-state index contributed by atoms with van der Waals surface area (Å²) in [6.45, 7) is 4.65. The Morgan fingerprint density at radius 3 is 2.19 bits per heavy atom. The Labute approximate surface area is 96.7 Å². The fraction of sp³-hybridized carbons (Fsp3) is 0.800. The average Bonchev–Trinajstić information content (AvgIpc) is 2.23. The van der Waals surface area contributed by atoms with E-state index in [-0.39, 0.29) is 11.7 Å². The van der Waals surface area contributed by atoms with Gasteiger partial charge in [0.05, 0.1) is 0 Å². The van der Waals surface area contributed by atoms with Crippen molar-refractivity contribution < 1.29 is 10.0 Å². The molecule has 0 unspecified atom stereocenters. The standard InChI is InChI=1S/C10H22N4O2/c1-10(2,8(11)12-16)9(15)14(5)7-6-13(3)4/h16H,6-7H2,1-5H3,(H2,11,12). The third-order valence-corrected chi connectivity index (χ3v) is 2.51. The van der Waals surface area contributed by atoms with Gasteiger partial charge in [-0.2, -0.15) is 0 Å². The van der Waals surface area contributed by atoms with Crippen LogP contribution in [0.25, 0.3) is 0 Å². The summed E-state index contributed by atoms with van der Waals surface area (Å²) in [6, 6.07) is 0. The van der Waals surface area contributed by atoms with E-state index in [0.717, 1.165) is 6.54 Å². The number of amidine groups is 1. The highest BCUT2D eigenvalue weighted by Crippen LogP contribution is 2.18. The Morgan fingerprint density at radius 2 is 1.81 bits per heavy atom. The molecule has 0 rings (SSSR count). The van der Waals surface area contributed by atoms with E-state index in [1.54, 1.807) is 25.8 Å². The topological polar surface area (TPSA) is 82.2 Å². The predicted molar refractivity (Wildman–Crippen MR) is 63.4 cm³/mol. The van der Waals surface area contributed by atoms with Crippen LogP contribution in [0.3, 0.4) is 0 Å². The van der Waals surface area contributed by atoms with Gasteiger partial charge >= 0.3 is 0 Å². The molecule has 94 valence electrons. The number of rotatable bonds is 5. The summed E-state index contributed by atoms with van der Waals surface area (Å²) in [6.07, 6.45) is 0. The van der Waals surface area contributed by atoms with Gasteiger partial charge in [-0.05, 0) is 27.9 Å². The Hall–Kier alpha value is -1.30. The third-order valence-electron chi connectivity index (χ3n) is 2.51. The lowest BCUT2D eigenvalue weighted by molar-refractivity contribution is -0.135. The molecule has 0 aromatic rings. The number of likely N-dealkylation sites (N-methyl/N-ethyl adjacent to an activating group) is 2. The van der Waals surface area contributed by atoms with Crippen molar-refractivity contribution in [3.63, 3.8) is 0 Å². The summed E-state index contributed by atoms with van der Waals surface area (Å²) < 4.78 is 0. The maximum absolute atomic E-state index is 12.0. The van der Waals surface area contributed by atoms with Crippen molar-refractivity contribution in [2.24, 2.45) is 16.3 Å².